The van der Waals surface area contributed by atoms with Crippen LogP contribution in [0.15, 0.2) is 0 Å². The van der Waals surface area contributed by atoms with Gasteiger partial charge in [-0.05, 0) is 69.1 Å². The van der Waals surface area contributed by atoms with E-state index in [0.717, 1.165) is 18.4 Å². The lowest BCUT2D eigenvalue weighted by atomic mass is 9.91. The SMILES string of the molecule is CC(C)[C@@H](C)OCC1CCC(C[C@@H](OC2CCCCC2)C(C)C)C1. The van der Waals surface area contributed by atoms with Gasteiger partial charge in [0.2, 0.25) is 0 Å². The lowest BCUT2D eigenvalue weighted by Crippen LogP contribution is -2.29. The minimum Gasteiger partial charge on any atom is -0.378 e. The van der Waals surface area contributed by atoms with Gasteiger partial charge < -0.3 is 9.47 Å². The number of rotatable bonds is 9. The van der Waals surface area contributed by atoms with E-state index in [-0.39, 0.29) is 0 Å². The van der Waals surface area contributed by atoms with Crippen molar-refractivity contribution >= 4 is 0 Å². The molecule has 4 atom stereocenters. The normalized spacial score (nSPS) is 28.6. The highest BCUT2D eigenvalue weighted by Gasteiger charge is 2.30. The molecule has 0 spiro atoms. The van der Waals surface area contributed by atoms with Crippen molar-refractivity contribution in [3.63, 3.8) is 0 Å². The zero-order valence-electron chi connectivity index (χ0n) is 16.9. The molecule has 2 aliphatic carbocycles. The van der Waals surface area contributed by atoms with Crippen molar-refractivity contribution in [1.29, 1.82) is 0 Å². The number of ether oxygens (including phenoxy) is 2. The van der Waals surface area contributed by atoms with Gasteiger partial charge >= 0.3 is 0 Å². The minimum atomic E-state index is 0.391. The summed E-state index contributed by atoms with van der Waals surface area (Å²) in [6.45, 7) is 12.4. The Kier molecular flexibility index (Phi) is 8.57. The molecule has 0 N–H and O–H groups in total. The quantitative estimate of drug-likeness (QED) is 0.496. The summed E-state index contributed by atoms with van der Waals surface area (Å²) in [6, 6.07) is 0. The lowest BCUT2D eigenvalue weighted by molar-refractivity contribution is -0.0612. The van der Waals surface area contributed by atoms with Crippen LogP contribution in [0.5, 0.6) is 0 Å². The van der Waals surface area contributed by atoms with Crippen molar-refractivity contribution in [1.82, 2.24) is 0 Å². The molecule has 2 unspecified atom stereocenters. The molecule has 2 nitrogen and oxygen atoms in total. The van der Waals surface area contributed by atoms with Gasteiger partial charge in [0.15, 0.2) is 0 Å². The lowest BCUT2D eigenvalue weighted by Gasteiger charge is -2.31. The Hall–Kier alpha value is -0.0800. The van der Waals surface area contributed by atoms with Gasteiger partial charge in [0, 0.05) is 6.61 Å². The van der Waals surface area contributed by atoms with E-state index < -0.39 is 0 Å². The molecule has 0 saturated heterocycles. The molecule has 2 heteroatoms. The average molecular weight is 339 g/mol. The highest BCUT2D eigenvalue weighted by atomic mass is 16.5. The van der Waals surface area contributed by atoms with Crippen molar-refractivity contribution in [2.75, 3.05) is 6.61 Å². The number of hydrogen-bond donors (Lipinski definition) is 0. The maximum absolute atomic E-state index is 6.55. The second kappa shape index (κ2) is 10.2. The summed E-state index contributed by atoms with van der Waals surface area (Å²) >= 11 is 0. The molecule has 142 valence electrons. The molecule has 2 rings (SSSR count). The third-order valence-corrected chi connectivity index (χ3v) is 6.41. The van der Waals surface area contributed by atoms with E-state index in [4.69, 9.17) is 9.47 Å². The summed E-state index contributed by atoms with van der Waals surface area (Å²) in [7, 11) is 0. The second-order valence-electron chi connectivity index (χ2n) is 9.24. The molecule has 24 heavy (non-hydrogen) atoms. The molecule has 0 radical (unpaired) electrons. The third kappa shape index (κ3) is 6.67. The van der Waals surface area contributed by atoms with Crippen molar-refractivity contribution in [2.45, 2.75) is 111 Å². The fraction of sp³-hybridized carbons (Fsp3) is 1.00. The Balaban J connectivity index is 1.72. The van der Waals surface area contributed by atoms with Crippen LogP contribution in [0.4, 0.5) is 0 Å². The van der Waals surface area contributed by atoms with Crippen LogP contribution < -0.4 is 0 Å². The largest absolute Gasteiger partial charge is 0.378 e. The second-order valence-corrected chi connectivity index (χ2v) is 9.24. The molecule has 2 fully saturated rings. The predicted octanol–water partition coefficient (Wildman–Crippen LogP) is 6.23. The van der Waals surface area contributed by atoms with Crippen LogP contribution in [0.2, 0.25) is 0 Å². The van der Waals surface area contributed by atoms with Gasteiger partial charge in [0.1, 0.15) is 0 Å². The Morgan fingerprint density at radius 2 is 1.46 bits per heavy atom. The van der Waals surface area contributed by atoms with E-state index in [1.54, 1.807) is 0 Å². The van der Waals surface area contributed by atoms with Crippen LogP contribution >= 0.6 is 0 Å². The molecule has 0 heterocycles. The van der Waals surface area contributed by atoms with Crippen LogP contribution in [-0.4, -0.2) is 24.9 Å². The van der Waals surface area contributed by atoms with Gasteiger partial charge in [-0.15, -0.1) is 0 Å². The Bertz CT molecular complexity index is 333. The fourth-order valence-corrected chi connectivity index (χ4v) is 4.29. The zero-order chi connectivity index (χ0) is 17.5. The molecular weight excluding hydrogens is 296 g/mol. The smallest absolute Gasteiger partial charge is 0.0604 e. The molecule has 0 aliphatic heterocycles. The minimum absolute atomic E-state index is 0.391. The van der Waals surface area contributed by atoms with Crippen molar-refractivity contribution < 1.29 is 9.47 Å². The van der Waals surface area contributed by atoms with Crippen LogP contribution in [0.3, 0.4) is 0 Å². The van der Waals surface area contributed by atoms with Crippen LogP contribution in [0.1, 0.15) is 92.4 Å². The molecule has 0 amide bonds. The van der Waals surface area contributed by atoms with Crippen LogP contribution in [0.25, 0.3) is 0 Å². The third-order valence-electron chi connectivity index (χ3n) is 6.41. The molecule has 0 aromatic heterocycles. The van der Waals surface area contributed by atoms with Gasteiger partial charge in [-0.3, -0.25) is 0 Å². The number of hydrogen-bond acceptors (Lipinski definition) is 2. The van der Waals surface area contributed by atoms with Crippen molar-refractivity contribution in [2.24, 2.45) is 23.7 Å². The summed E-state index contributed by atoms with van der Waals surface area (Å²) < 4.78 is 12.6. The highest BCUT2D eigenvalue weighted by molar-refractivity contribution is 4.80. The fourth-order valence-electron chi connectivity index (χ4n) is 4.29. The first-order valence-corrected chi connectivity index (χ1v) is 10.7. The summed E-state index contributed by atoms with van der Waals surface area (Å²) in [6.07, 6.45) is 13.5. The van der Waals surface area contributed by atoms with Gasteiger partial charge in [-0.1, -0.05) is 47.0 Å². The first-order valence-electron chi connectivity index (χ1n) is 10.7. The summed E-state index contributed by atoms with van der Waals surface area (Å²) in [5.41, 5.74) is 0. The predicted molar refractivity (Wildman–Crippen MR) is 102 cm³/mol. The molecular formula is C22H42O2. The summed E-state index contributed by atoms with van der Waals surface area (Å²) in [4.78, 5) is 0. The molecule has 0 aromatic carbocycles. The monoisotopic (exact) mass is 338 g/mol. The maximum atomic E-state index is 6.55. The molecule has 2 aliphatic rings. The highest BCUT2D eigenvalue weighted by Crippen LogP contribution is 2.37. The Morgan fingerprint density at radius 3 is 2.08 bits per heavy atom. The molecule has 2 saturated carbocycles. The van der Waals surface area contributed by atoms with E-state index in [9.17, 15) is 0 Å². The van der Waals surface area contributed by atoms with Gasteiger partial charge in [0.05, 0.1) is 18.3 Å². The standard InChI is InChI=1S/C22H42O2/c1-16(2)18(5)23-15-20-12-11-19(13-20)14-22(17(3)4)24-21-9-7-6-8-10-21/h16-22H,6-15H2,1-5H3/t18-,19?,20?,22-/m1/s1. The van der Waals surface area contributed by atoms with Gasteiger partial charge in [-0.2, -0.15) is 0 Å². The van der Waals surface area contributed by atoms with Crippen LogP contribution in [0, 0.1) is 23.7 Å². The van der Waals surface area contributed by atoms with Crippen molar-refractivity contribution in [3.05, 3.63) is 0 Å². The van der Waals surface area contributed by atoms with Gasteiger partial charge in [-0.25, -0.2) is 0 Å². The topological polar surface area (TPSA) is 18.5 Å². The van der Waals surface area contributed by atoms with E-state index in [1.807, 2.05) is 0 Å². The average Bonchev–Trinajstić information content (AvgIpc) is 3.00. The summed E-state index contributed by atoms with van der Waals surface area (Å²) in [5, 5.41) is 0. The Morgan fingerprint density at radius 1 is 0.792 bits per heavy atom. The maximum Gasteiger partial charge on any atom is 0.0604 e. The van der Waals surface area contributed by atoms with E-state index in [2.05, 4.69) is 34.6 Å². The van der Waals surface area contributed by atoms with Crippen LogP contribution in [-0.2, 0) is 9.47 Å². The molecule has 0 bridgehead atoms. The summed E-state index contributed by atoms with van der Waals surface area (Å²) in [5.74, 6) is 2.89. The van der Waals surface area contributed by atoms with Gasteiger partial charge in [0.25, 0.3) is 0 Å². The van der Waals surface area contributed by atoms with E-state index >= 15 is 0 Å². The first-order chi connectivity index (χ1) is 11.5. The van der Waals surface area contributed by atoms with E-state index in [0.29, 0.717) is 30.1 Å². The Labute approximate surface area is 151 Å². The first kappa shape index (κ1) is 20.2. The molecule has 0 aromatic rings. The van der Waals surface area contributed by atoms with Crippen molar-refractivity contribution in [3.8, 4) is 0 Å². The van der Waals surface area contributed by atoms with E-state index in [1.165, 1.54) is 57.8 Å². The zero-order valence-corrected chi connectivity index (χ0v) is 16.9.